The van der Waals surface area contributed by atoms with Crippen molar-refractivity contribution in [2.75, 3.05) is 11.9 Å². The van der Waals surface area contributed by atoms with Gasteiger partial charge in [0.1, 0.15) is 11.8 Å². The highest BCUT2D eigenvalue weighted by Crippen LogP contribution is 2.30. The van der Waals surface area contributed by atoms with Gasteiger partial charge in [-0.15, -0.1) is 0 Å². The van der Waals surface area contributed by atoms with Crippen molar-refractivity contribution in [1.82, 2.24) is 4.31 Å². The molecule has 7 nitrogen and oxygen atoms in total. The van der Waals surface area contributed by atoms with Crippen molar-refractivity contribution >= 4 is 27.5 Å². The lowest BCUT2D eigenvalue weighted by molar-refractivity contribution is -0.128. The first-order chi connectivity index (χ1) is 13.3. The van der Waals surface area contributed by atoms with Crippen LogP contribution in [0, 0.1) is 6.92 Å². The van der Waals surface area contributed by atoms with Gasteiger partial charge >= 0.3 is 0 Å². The smallest absolute Gasteiger partial charge is 0.267 e. The minimum absolute atomic E-state index is 0.00369. The molecule has 1 atom stereocenters. The molecule has 148 valence electrons. The Morgan fingerprint density at radius 3 is 2.54 bits per heavy atom. The molecule has 1 heterocycles. The Bertz CT molecular complexity index is 986. The third kappa shape index (κ3) is 3.87. The maximum Gasteiger partial charge on any atom is 0.267 e. The summed E-state index contributed by atoms with van der Waals surface area (Å²) >= 11 is 0. The van der Waals surface area contributed by atoms with Crippen molar-refractivity contribution in [2.24, 2.45) is 0 Å². The van der Waals surface area contributed by atoms with Crippen LogP contribution in [0.4, 0.5) is 5.69 Å². The van der Waals surface area contributed by atoms with Crippen LogP contribution in [0.5, 0.6) is 5.75 Å². The Kier molecular flexibility index (Phi) is 5.69. The van der Waals surface area contributed by atoms with Crippen LogP contribution in [-0.2, 0) is 19.6 Å². The van der Waals surface area contributed by atoms with E-state index in [4.69, 9.17) is 4.74 Å². The number of nitrogens with one attached hydrogen (secondary N) is 1. The molecule has 28 heavy (non-hydrogen) atoms. The summed E-state index contributed by atoms with van der Waals surface area (Å²) in [6.45, 7) is 4.08. The van der Waals surface area contributed by atoms with E-state index in [1.807, 2.05) is 13.8 Å². The van der Waals surface area contributed by atoms with Crippen LogP contribution in [0.25, 0.3) is 0 Å². The average Bonchev–Trinajstić information content (AvgIpc) is 3.06. The van der Waals surface area contributed by atoms with E-state index in [-0.39, 0.29) is 17.7 Å². The SMILES string of the molecule is CCOc1ccccc1NC(=O)[C@H]1CCC(=O)N1S(=O)(=O)c1ccc(C)cc1. The van der Waals surface area contributed by atoms with Crippen molar-refractivity contribution in [3.8, 4) is 5.75 Å². The van der Waals surface area contributed by atoms with E-state index in [9.17, 15) is 18.0 Å². The summed E-state index contributed by atoms with van der Waals surface area (Å²) in [5.74, 6) is -0.664. The number of hydrogen-bond donors (Lipinski definition) is 1. The topological polar surface area (TPSA) is 92.8 Å². The lowest BCUT2D eigenvalue weighted by atomic mass is 10.2. The van der Waals surface area contributed by atoms with Crippen molar-refractivity contribution in [2.45, 2.75) is 37.6 Å². The Balaban J connectivity index is 1.88. The Morgan fingerprint density at radius 1 is 1.18 bits per heavy atom. The normalized spacial score (nSPS) is 16.9. The second-order valence-electron chi connectivity index (χ2n) is 6.48. The van der Waals surface area contributed by atoms with Crippen LogP contribution >= 0.6 is 0 Å². The van der Waals surface area contributed by atoms with Gasteiger partial charge in [-0.25, -0.2) is 12.7 Å². The van der Waals surface area contributed by atoms with Gasteiger partial charge in [-0.1, -0.05) is 29.8 Å². The number of hydrogen-bond acceptors (Lipinski definition) is 5. The molecule has 2 amide bonds. The second kappa shape index (κ2) is 8.02. The zero-order valence-corrected chi connectivity index (χ0v) is 16.5. The lowest BCUT2D eigenvalue weighted by Gasteiger charge is -2.24. The first kappa shape index (κ1) is 19.9. The molecule has 1 saturated heterocycles. The number of benzene rings is 2. The van der Waals surface area contributed by atoms with E-state index in [2.05, 4.69) is 5.32 Å². The van der Waals surface area contributed by atoms with E-state index < -0.39 is 27.9 Å². The zero-order chi connectivity index (χ0) is 20.3. The van der Waals surface area contributed by atoms with Crippen LogP contribution in [0.3, 0.4) is 0 Å². The first-order valence-corrected chi connectivity index (χ1v) is 10.4. The fourth-order valence-corrected chi connectivity index (χ4v) is 4.69. The zero-order valence-electron chi connectivity index (χ0n) is 15.7. The van der Waals surface area contributed by atoms with Crippen molar-refractivity contribution < 1.29 is 22.7 Å². The summed E-state index contributed by atoms with van der Waals surface area (Å²) < 4.78 is 32.2. The fraction of sp³-hybridized carbons (Fsp3) is 0.300. The molecule has 0 saturated carbocycles. The van der Waals surface area contributed by atoms with Crippen LogP contribution in [0.15, 0.2) is 53.4 Å². The minimum atomic E-state index is -4.12. The highest BCUT2D eigenvalue weighted by atomic mass is 32.2. The van der Waals surface area contributed by atoms with E-state index in [0.717, 1.165) is 5.56 Å². The van der Waals surface area contributed by atoms with Gasteiger partial charge in [0, 0.05) is 6.42 Å². The number of anilines is 1. The Morgan fingerprint density at radius 2 is 1.86 bits per heavy atom. The molecule has 3 rings (SSSR count). The van der Waals surface area contributed by atoms with Crippen LogP contribution in [-0.4, -0.2) is 37.2 Å². The summed E-state index contributed by atoms with van der Waals surface area (Å²) in [6, 6.07) is 12.0. The summed E-state index contributed by atoms with van der Waals surface area (Å²) in [5.41, 5.74) is 1.33. The number of sulfonamides is 1. The summed E-state index contributed by atoms with van der Waals surface area (Å²) in [6.07, 6.45) is 0.128. The molecule has 1 aliphatic rings. The Labute approximate surface area is 164 Å². The molecule has 0 spiro atoms. The van der Waals surface area contributed by atoms with Gasteiger partial charge in [0.15, 0.2) is 0 Å². The number of carbonyl (C=O) groups excluding carboxylic acids is 2. The fourth-order valence-electron chi connectivity index (χ4n) is 3.09. The monoisotopic (exact) mass is 402 g/mol. The van der Waals surface area contributed by atoms with Crippen LogP contribution in [0.2, 0.25) is 0 Å². The van der Waals surface area contributed by atoms with Gasteiger partial charge in [-0.3, -0.25) is 9.59 Å². The molecule has 0 aromatic heterocycles. The van der Waals surface area contributed by atoms with Gasteiger partial charge in [-0.2, -0.15) is 0 Å². The Hall–Kier alpha value is -2.87. The van der Waals surface area contributed by atoms with E-state index >= 15 is 0 Å². The van der Waals surface area contributed by atoms with Gasteiger partial charge in [0.2, 0.25) is 11.8 Å². The van der Waals surface area contributed by atoms with Crippen LogP contribution < -0.4 is 10.1 Å². The number of nitrogens with zero attached hydrogens (tertiary/aromatic N) is 1. The number of aryl methyl sites for hydroxylation is 1. The molecule has 0 aliphatic carbocycles. The molecule has 2 aromatic carbocycles. The summed E-state index contributed by atoms with van der Waals surface area (Å²) in [5, 5.41) is 2.70. The standard InChI is InChI=1S/C20H22N2O5S/c1-3-27-18-7-5-4-6-16(18)21-20(24)17-12-13-19(23)22(17)28(25,26)15-10-8-14(2)9-11-15/h4-11,17H,3,12-13H2,1-2H3,(H,21,24)/t17-/m1/s1. The second-order valence-corrected chi connectivity index (χ2v) is 8.30. The molecule has 1 aliphatic heterocycles. The predicted molar refractivity (Wildman–Crippen MR) is 104 cm³/mol. The lowest BCUT2D eigenvalue weighted by Crippen LogP contribution is -2.45. The highest BCUT2D eigenvalue weighted by Gasteiger charge is 2.44. The highest BCUT2D eigenvalue weighted by molar-refractivity contribution is 7.89. The quantitative estimate of drug-likeness (QED) is 0.802. The minimum Gasteiger partial charge on any atom is -0.492 e. The maximum atomic E-state index is 13.0. The summed E-state index contributed by atoms with van der Waals surface area (Å²) in [4.78, 5) is 25.2. The van der Waals surface area contributed by atoms with Crippen molar-refractivity contribution in [3.63, 3.8) is 0 Å². The van der Waals surface area contributed by atoms with E-state index in [1.165, 1.54) is 12.1 Å². The van der Waals surface area contributed by atoms with E-state index in [1.54, 1.807) is 36.4 Å². The molecule has 1 fully saturated rings. The molecular weight excluding hydrogens is 380 g/mol. The molecule has 8 heteroatoms. The first-order valence-electron chi connectivity index (χ1n) is 9.01. The molecule has 0 bridgehead atoms. The third-order valence-electron chi connectivity index (χ3n) is 4.49. The number of ether oxygens (including phenoxy) is 1. The predicted octanol–water partition coefficient (Wildman–Crippen LogP) is 2.71. The molecular formula is C20H22N2O5S. The largest absolute Gasteiger partial charge is 0.492 e. The molecule has 1 N–H and O–H groups in total. The molecule has 2 aromatic rings. The van der Waals surface area contributed by atoms with Crippen LogP contribution in [0.1, 0.15) is 25.3 Å². The maximum absolute atomic E-state index is 13.0. The number of carbonyl (C=O) groups is 2. The molecule has 0 radical (unpaired) electrons. The third-order valence-corrected chi connectivity index (χ3v) is 6.33. The van der Waals surface area contributed by atoms with Gasteiger partial charge in [0.05, 0.1) is 17.2 Å². The van der Waals surface area contributed by atoms with Gasteiger partial charge in [0.25, 0.3) is 10.0 Å². The van der Waals surface area contributed by atoms with E-state index in [0.29, 0.717) is 22.3 Å². The number of amides is 2. The van der Waals surface area contributed by atoms with Gasteiger partial charge in [-0.05, 0) is 44.5 Å². The number of rotatable bonds is 6. The summed E-state index contributed by atoms with van der Waals surface area (Å²) in [7, 11) is -4.12. The van der Waals surface area contributed by atoms with Gasteiger partial charge < -0.3 is 10.1 Å². The average molecular weight is 402 g/mol. The number of para-hydroxylation sites is 2. The van der Waals surface area contributed by atoms with Crippen molar-refractivity contribution in [3.05, 3.63) is 54.1 Å². The molecule has 0 unspecified atom stereocenters. The van der Waals surface area contributed by atoms with Crippen molar-refractivity contribution in [1.29, 1.82) is 0 Å².